The van der Waals surface area contributed by atoms with E-state index < -0.39 is 16.0 Å². The summed E-state index contributed by atoms with van der Waals surface area (Å²) in [6, 6.07) is 8.65. The van der Waals surface area contributed by atoms with E-state index in [1.54, 1.807) is 41.4 Å². The summed E-state index contributed by atoms with van der Waals surface area (Å²) in [6.07, 6.45) is 4.80. The molecule has 8 heteroatoms. The van der Waals surface area contributed by atoms with E-state index in [0.29, 0.717) is 5.56 Å². The number of nitrogens with zero attached hydrogens (tertiary/aromatic N) is 3. The Balaban J connectivity index is 1.74. The molecule has 122 valence electrons. The summed E-state index contributed by atoms with van der Waals surface area (Å²) < 4.78 is 32.2. The van der Waals surface area contributed by atoms with E-state index in [0.717, 1.165) is 5.56 Å². The van der Waals surface area contributed by atoms with Crippen LogP contribution in [0.5, 0.6) is 0 Å². The number of hydrogen-bond donors (Lipinski definition) is 0. The number of allylic oxidation sites excluding steroid dienone is 2. The molecular formula is C16H13N3O4S. The van der Waals surface area contributed by atoms with E-state index in [1.165, 1.54) is 6.08 Å². The van der Waals surface area contributed by atoms with E-state index in [-0.39, 0.29) is 30.3 Å². The van der Waals surface area contributed by atoms with Crippen molar-refractivity contribution in [3.8, 4) is 6.07 Å². The summed E-state index contributed by atoms with van der Waals surface area (Å²) in [4.78, 5) is 13.9. The van der Waals surface area contributed by atoms with Crippen molar-refractivity contribution in [3.05, 3.63) is 59.3 Å². The lowest BCUT2D eigenvalue weighted by molar-refractivity contribution is -0.139. The average Bonchev–Trinajstić information content (AvgIpc) is 2.59. The number of sulfonamides is 1. The third kappa shape index (κ3) is 3.36. The first-order valence-electron chi connectivity index (χ1n) is 7.13. The number of carbonyl (C=O) groups excluding carboxylic acids is 1. The van der Waals surface area contributed by atoms with Crippen molar-refractivity contribution in [1.29, 1.82) is 5.26 Å². The predicted molar refractivity (Wildman–Crippen MR) is 86.1 cm³/mol. The van der Waals surface area contributed by atoms with Gasteiger partial charge in [-0.1, -0.05) is 12.1 Å². The van der Waals surface area contributed by atoms with Gasteiger partial charge >= 0.3 is 5.97 Å². The Bertz CT molecular complexity index is 906. The minimum Gasteiger partial charge on any atom is -0.457 e. The highest BCUT2D eigenvalue weighted by Crippen LogP contribution is 2.19. The Labute approximate surface area is 139 Å². The molecule has 0 atom stereocenters. The fraction of sp³-hybridized carbons (Fsp3) is 0.188. The molecule has 2 aliphatic heterocycles. The molecule has 7 nitrogen and oxygen atoms in total. The van der Waals surface area contributed by atoms with Crippen LogP contribution < -0.4 is 0 Å². The lowest BCUT2D eigenvalue weighted by atomic mass is 10.1. The maximum atomic E-state index is 12.3. The zero-order chi connectivity index (χ0) is 17.2. The third-order valence-electron chi connectivity index (χ3n) is 3.53. The number of hydrogen-bond acceptors (Lipinski definition) is 6. The molecule has 0 amide bonds. The van der Waals surface area contributed by atoms with Gasteiger partial charge in [-0.3, -0.25) is 0 Å². The number of nitriles is 1. The van der Waals surface area contributed by atoms with E-state index in [9.17, 15) is 13.2 Å². The van der Waals surface area contributed by atoms with E-state index in [4.69, 9.17) is 10.00 Å². The predicted octanol–water partition coefficient (Wildman–Crippen LogP) is 1.10. The van der Waals surface area contributed by atoms with Crippen molar-refractivity contribution in [2.24, 2.45) is 4.40 Å². The van der Waals surface area contributed by atoms with Gasteiger partial charge in [0.05, 0.1) is 17.4 Å². The minimum atomic E-state index is -3.56. The van der Waals surface area contributed by atoms with Crippen molar-refractivity contribution in [1.82, 2.24) is 4.90 Å². The third-order valence-corrected chi connectivity index (χ3v) is 4.68. The summed E-state index contributed by atoms with van der Waals surface area (Å²) in [5, 5.41) is 8.75. The molecule has 24 heavy (non-hydrogen) atoms. The Hall–Kier alpha value is -2.92. The number of rotatable bonds is 3. The zero-order valence-electron chi connectivity index (χ0n) is 12.5. The monoisotopic (exact) mass is 343 g/mol. The molecule has 0 fully saturated rings. The molecule has 0 N–H and O–H groups in total. The number of amidine groups is 1. The number of carbonyl (C=O) groups is 1. The molecule has 0 radical (unpaired) electrons. The van der Waals surface area contributed by atoms with Crippen LogP contribution in [-0.4, -0.2) is 37.4 Å². The van der Waals surface area contributed by atoms with Crippen molar-refractivity contribution in [3.63, 3.8) is 0 Å². The van der Waals surface area contributed by atoms with Crippen LogP contribution in [0.1, 0.15) is 11.1 Å². The molecule has 0 saturated heterocycles. The number of benzene rings is 1. The summed E-state index contributed by atoms with van der Waals surface area (Å²) in [6.45, 7) is 0.267. The first kappa shape index (κ1) is 16.0. The summed E-state index contributed by atoms with van der Waals surface area (Å²) in [5.74, 6) is -0.646. The van der Waals surface area contributed by atoms with Gasteiger partial charge in [-0.2, -0.15) is 5.26 Å². The van der Waals surface area contributed by atoms with Gasteiger partial charge in [0.15, 0.2) is 5.84 Å². The lowest BCUT2D eigenvalue weighted by Gasteiger charge is -2.28. The van der Waals surface area contributed by atoms with Gasteiger partial charge in [0, 0.05) is 12.7 Å². The second-order valence-corrected chi connectivity index (χ2v) is 6.96. The fourth-order valence-electron chi connectivity index (χ4n) is 2.28. The lowest BCUT2D eigenvalue weighted by Crippen LogP contribution is -2.40. The normalized spacial score (nSPS) is 18.0. The molecule has 0 saturated carbocycles. The van der Waals surface area contributed by atoms with Gasteiger partial charge in [0.25, 0.3) is 10.0 Å². The number of fused-ring (bicyclic) bond motifs is 1. The number of esters is 1. The van der Waals surface area contributed by atoms with Gasteiger partial charge in [-0.25, -0.2) is 13.2 Å². The highest BCUT2D eigenvalue weighted by atomic mass is 32.2. The van der Waals surface area contributed by atoms with Gasteiger partial charge in [0.2, 0.25) is 0 Å². The van der Waals surface area contributed by atoms with Crippen LogP contribution in [0.4, 0.5) is 0 Å². The fourth-order valence-corrected chi connectivity index (χ4v) is 3.26. The van der Waals surface area contributed by atoms with Gasteiger partial charge in [0.1, 0.15) is 12.2 Å². The molecule has 0 unspecified atom stereocenters. The Morgan fingerprint density at radius 3 is 2.79 bits per heavy atom. The summed E-state index contributed by atoms with van der Waals surface area (Å²) in [5.41, 5.74) is 1.35. The SMILES string of the molecule is N#Cc1ccc(COC(=O)C2=CC=CN3CCS(=O)(=O)N=C23)cc1. The van der Waals surface area contributed by atoms with Crippen molar-refractivity contribution in [2.75, 3.05) is 12.3 Å². The highest BCUT2D eigenvalue weighted by molar-refractivity contribution is 7.90. The van der Waals surface area contributed by atoms with E-state index in [1.807, 2.05) is 6.07 Å². The standard InChI is InChI=1S/C16H13N3O4S/c17-10-12-3-5-13(6-4-12)11-23-16(20)14-2-1-7-19-8-9-24(21,22)18-15(14)19/h1-7H,8-9,11H2. The average molecular weight is 343 g/mol. The van der Waals surface area contributed by atoms with Crippen LogP contribution in [0, 0.1) is 11.3 Å². The zero-order valence-corrected chi connectivity index (χ0v) is 13.4. The van der Waals surface area contributed by atoms with Crippen LogP contribution in [0.25, 0.3) is 0 Å². The quantitative estimate of drug-likeness (QED) is 0.762. The maximum absolute atomic E-state index is 12.3. The molecule has 2 heterocycles. The second kappa shape index (κ2) is 6.29. The minimum absolute atomic E-state index is 0.0195. The molecule has 1 aromatic rings. The molecule has 0 spiro atoms. The Morgan fingerprint density at radius 1 is 1.33 bits per heavy atom. The smallest absolute Gasteiger partial charge is 0.342 e. The van der Waals surface area contributed by atoms with Crippen LogP contribution in [-0.2, 0) is 26.2 Å². The largest absolute Gasteiger partial charge is 0.457 e. The van der Waals surface area contributed by atoms with Crippen LogP contribution in [0.3, 0.4) is 0 Å². The molecule has 2 aliphatic rings. The van der Waals surface area contributed by atoms with E-state index in [2.05, 4.69) is 4.40 Å². The van der Waals surface area contributed by atoms with Gasteiger partial charge in [-0.05, 0) is 29.8 Å². The topological polar surface area (TPSA) is 99.8 Å². The van der Waals surface area contributed by atoms with Crippen molar-refractivity contribution < 1.29 is 17.9 Å². The molecule has 0 bridgehead atoms. The van der Waals surface area contributed by atoms with Crippen molar-refractivity contribution >= 4 is 21.8 Å². The molecule has 1 aromatic carbocycles. The number of ether oxygens (including phenoxy) is 1. The molecule has 0 aliphatic carbocycles. The van der Waals surface area contributed by atoms with E-state index >= 15 is 0 Å². The van der Waals surface area contributed by atoms with Gasteiger partial charge < -0.3 is 9.64 Å². The van der Waals surface area contributed by atoms with Crippen LogP contribution in [0.2, 0.25) is 0 Å². The van der Waals surface area contributed by atoms with Crippen molar-refractivity contribution in [2.45, 2.75) is 6.61 Å². The first-order chi connectivity index (χ1) is 11.5. The molecule has 0 aromatic heterocycles. The molecular weight excluding hydrogens is 330 g/mol. The first-order valence-corrected chi connectivity index (χ1v) is 8.74. The second-order valence-electron chi connectivity index (χ2n) is 5.20. The maximum Gasteiger partial charge on any atom is 0.342 e. The van der Waals surface area contributed by atoms with Crippen LogP contribution >= 0.6 is 0 Å². The summed E-state index contributed by atoms with van der Waals surface area (Å²) in [7, 11) is -3.56. The summed E-state index contributed by atoms with van der Waals surface area (Å²) >= 11 is 0. The molecule has 3 rings (SSSR count). The Kier molecular flexibility index (Phi) is 4.18. The van der Waals surface area contributed by atoms with Crippen LogP contribution in [0.15, 0.2) is 52.6 Å². The highest BCUT2D eigenvalue weighted by Gasteiger charge is 2.30. The Morgan fingerprint density at radius 2 is 2.08 bits per heavy atom. The van der Waals surface area contributed by atoms with Gasteiger partial charge in [-0.15, -0.1) is 4.40 Å².